The number of hydrogen-bond donors (Lipinski definition) is 2. The summed E-state index contributed by atoms with van der Waals surface area (Å²) in [6.45, 7) is 0.425. The van der Waals surface area contributed by atoms with Crippen molar-refractivity contribution in [3.63, 3.8) is 0 Å². The Bertz CT molecular complexity index is 1660. The molecule has 0 saturated carbocycles. The van der Waals surface area contributed by atoms with E-state index in [9.17, 15) is 22.0 Å². The van der Waals surface area contributed by atoms with E-state index in [1.165, 1.54) is 29.8 Å². The second-order valence-electron chi connectivity index (χ2n) is 9.44. The molecule has 4 aromatic rings. The van der Waals surface area contributed by atoms with Gasteiger partial charge in [0, 0.05) is 44.6 Å². The number of pyridine rings is 1. The highest BCUT2D eigenvalue weighted by atomic mass is 32.2. The van der Waals surface area contributed by atoms with Crippen LogP contribution in [-0.4, -0.2) is 58.9 Å². The molecular weight excluding hydrogens is 546 g/mol. The molecule has 1 unspecified atom stereocenters. The second kappa shape index (κ2) is 10.8. The topological polar surface area (TPSA) is 136 Å². The highest BCUT2D eigenvalue weighted by Crippen LogP contribution is 2.38. The quantitative estimate of drug-likeness (QED) is 0.277. The molecule has 0 spiro atoms. The maximum atomic E-state index is 14.3. The lowest BCUT2D eigenvalue weighted by Gasteiger charge is -2.25. The Kier molecular flexibility index (Phi) is 7.42. The van der Waals surface area contributed by atoms with Gasteiger partial charge in [-0.05, 0) is 37.5 Å². The lowest BCUT2D eigenvalue weighted by Crippen LogP contribution is -2.25. The predicted molar refractivity (Wildman–Crippen MR) is 146 cm³/mol. The highest BCUT2D eigenvalue weighted by Gasteiger charge is 2.29. The summed E-state index contributed by atoms with van der Waals surface area (Å²) in [6.07, 6.45) is 1.93. The smallest absolute Gasteiger partial charge is 0.295 e. The number of fused-ring (bicyclic) bond motifs is 1. The molecule has 1 aliphatic heterocycles. The molecule has 1 aliphatic rings. The number of aromatic nitrogens is 5. The van der Waals surface area contributed by atoms with Crippen LogP contribution in [0.3, 0.4) is 0 Å². The first-order valence-corrected chi connectivity index (χ1v) is 14.3. The Labute approximate surface area is 229 Å². The lowest BCUT2D eigenvalue weighted by atomic mass is 10.1. The molecule has 2 N–H and O–H groups in total. The summed E-state index contributed by atoms with van der Waals surface area (Å²) < 4.78 is 63.1. The molecule has 5 rings (SSSR count). The third kappa shape index (κ3) is 5.47. The third-order valence-electron chi connectivity index (χ3n) is 6.55. The van der Waals surface area contributed by atoms with Crippen LogP contribution in [0.2, 0.25) is 0 Å². The minimum absolute atomic E-state index is 0.142. The number of aryl methyl sites for hydroxylation is 1. The number of aldehydes is 1. The average molecular weight is 575 g/mol. The van der Waals surface area contributed by atoms with Crippen LogP contribution in [-0.2, 0) is 21.8 Å². The van der Waals surface area contributed by atoms with Crippen LogP contribution < -0.4 is 14.9 Å². The Balaban J connectivity index is 1.70. The molecule has 0 aliphatic carbocycles. The van der Waals surface area contributed by atoms with Gasteiger partial charge < -0.3 is 15.4 Å². The van der Waals surface area contributed by atoms with Gasteiger partial charge >= 0.3 is 0 Å². The lowest BCUT2D eigenvalue weighted by molar-refractivity contribution is -0.0363. The first kappa shape index (κ1) is 27.5. The molecule has 0 amide bonds. The van der Waals surface area contributed by atoms with Gasteiger partial charge in [-0.3, -0.25) is 18.3 Å². The average Bonchev–Trinajstić information content (AvgIpc) is 3.52. The van der Waals surface area contributed by atoms with Crippen LogP contribution in [0.1, 0.15) is 48.1 Å². The van der Waals surface area contributed by atoms with Crippen LogP contribution in [0.15, 0.2) is 36.5 Å². The highest BCUT2D eigenvalue weighted by molar-refractivity contribution is 7.92. The zero-order valence-electron chi connectivity index (χ0n) is 22.0. The largest absolute Gasteiger partial charge is 0.358 e. The normalized spacial score (nSPS) is 15.9. The first-order valence-electron chi connectivity index (χ1n) is 12.4. The maximum absolute atomic E-state index is 14.3. The van der Waals surface area contributed by atoms with E-state index < -0.39 is 28.5 Å². The number of carbonyl (C=O) groups is 1. The van der Waals surface area contributed by atoms with Gasteiger partial charge in [-0.1, -0.05) is 0 Å². The van der Waals surface area contributed by atoms with Gasteiger partial charge in [0.2, 0.25) is 10.0 Å². The van der Waals surface area contributed by atoms with Gasteiger partial charge in [-0.2, -0.15) is 5.10 Å². The van der Waals surface area contributed by atoms with Gasteiger partial charge in [-0.15, -0.1) is 0 Å². The van der Waals surface area contributed by atoms with Crippen molar-refractivity contribution in [3.05, 3.63) is 47.9 Å². The summed E-state index contributed by atoms with van der Waals surface area (Å²) in [5.74, 6) is 0.272. The first-order chi connectivity index (χ1) is 19.0. The number of anilines is 5. The fourth-order valence-electron chi connectivity index (χ4n) is 4.53. The molecule has 1 fully saturated rings. The number of benzene rings is 1. The van der Waals surface area contributed by atoms with Crippen molar-refractivity contribution in [2.75, 3.05) is 34.8 Å². The van der Waals surface area contributed by atoms with Gasteiger partial charge in [0.05, 0.1) is 23.3 Å². The number of nitrogens with zero attached hydrogens (tertiary/aromatic N) is 6. The molecule has 3 aromatic heterocycles. The molecule has 1 saturated heterocycles. The Hall–Kier alpha value is -4.11. The van der Waals surface area contributed by atoms with E-state index in [0.29, 0.717) is 30.8 Å². The maximum Gasteiger partial charge on any atom is 0.295 e. The zero-order chi connectivity index (χ0) is 28.6. The second-order valence-corrected chi connectivity index (χ2v) is 11.5. The number of sulfonamides is 1. The van der Waals surface area contributed by atoms with Gasteiger partial charge in [0.15, 0.2) is 17.3 Å². The number of halogens is 2. The van der Waals surface area contributed by atoms with Crippen molar-refractivity contribution in [2.45, 2.75) is 31.9 Å². The predicted octanol–water partition coefficient (Wildman–Crippen LogP) is 4.50. The summed E-state index contributed by atoms with van der Waals surface area (Å²) >= 11 is 0. The van der Waals surface area contributed by atoms with E-state index in [1.807, 2.05) is 0 Å². The fraction of sp³-hybridized carbons (Fsp3) is 0.360. The van der Waals surface area contributed by atoms with Crippen molar-refractivity contribution >= 4 is 56.2 Å². The summed E-state index contributed by atoms with van der Waals surface area (Å²) in [4.78, 5) is 20.3. The molecule has 212 valence electrons. The Morgan fingerprint density at radius 3 is 2.55 bits per heavy atom. The standard InChI is InChI=1S/C25H28F2N8O4S/c1-33-10-9-19(32-33)29-20-13-17(28-16-8-7-15(14-36)12-18(16)34(2)40(3,37)38)22-24(30-20)35(25(31-22)23(26)27)21-6-4-5-11-39-21/h7-10,12-14,21,23H,4-6,11H2,1-3H3,(H2,28,29,30,32). The molecule has 1 atom stereocenters. The molecular formula is C25H28F2N8O4S. The van der Waals surface area contributed by atoms with Gasteiger partial charge in [0.1, 0.15) is 23.8 Å². The number of hydrogen-bond acceptors (Lipinski definition) is 9. The van der Waals surface area contributed by atoms with Crippen LogP contribution in [0.25, 0.3) is 11.2 Å². The van der Waals surface area contributed by atoms with Crippen LogP contribution >= 0.6 is 0 Å². The molecule has 0 radical (unpaired) electrons. The molecule has 4 heterocycles. The Morgan fingerprint density at radius 2 is 1.93 bits per heavy atom. The number of carbonyl (C=O) groups excluding carboxylic acids is 1. The number of ether oxygens (including phenoxy) is 1. The Morgan fingerprint density at radius 1 is 1.12 bits per heavy atom. The van der Waals surface area contributed by atoms with Crippen molar-refractivity contribution in [1.82, 2.24) is 24.3 Å². The van der Waals surface area contributed by atoms with Gasteiger partial charge in [-0.25, -0.2) is 27.2 Å². The summed E-state index contributed by atoms with van der Waals surface area (Å²) in [5.41, 5.74) is 1.32. The van der Waals surface area contributed by atoms with E-state index in [0.717, 1.165) is 23.4 Å². The van der Waals surface area contributed by atoms with Crippen molar-refractivity contribution in [3.8, 4) is 0 Å². The van der Waals surface area contributed by atoms with Crippen molar-refractivity contribution < 1.29 is 26.7 Å². The van der Waals surface area contributed by atoms with E-state index in [-0.39, 0.29) is 33.9 Å². The number of imidazole rings is 1. The van der Waals surface area contributed by atoms with Crippen LogP contribution in [0, 0.1) is 0 Å². The summed E-state index contributed by atoms with van der Waals surface area (Å²) in [6, 6.07) is 7.76. The summed E-state index contributed by atoms with van der Waals surface area (Å²) in [7, 11) is -0.603. The van der Waals surface area contributed by atoms with E-state index in [4.69, 9.17) is 4.74 Å². The van der Waals surface area contributed by atoms with Gasteiger partial charge in [0.25, 0.3) is 6.43 Å². The molecule has 1 aromatic carbocycles. The SMILES string of the molecule is CN(c1cc(C=O)ccc1Nc1cc(Nc2ccn(C)n2)nc2c1nc(C(F)F)n2C1CCCCO1)S(C)(=O)=O. The van der Waals surface area contributed by atoms with E-state index in [2.05, 4.69) is 25.7 Å². The molecule has 12 nitrogen and oxygen atoms in total. The third-order valence-corrected chi connectivity index (χ3v) is 7.74. The van der Waals surface area contributed by atoms with Crippen LogP contribution in [0.4, 0.5) is 37.5 Å². The minimum atomic E-state index is -3.71. The van der Waals surface area contributed by atoms with E-state index in [1.54, 1.807) is 30.1 Å². The molecule has 0 bridgehead atoms. The van der Waals surface area contributed by atoms with Crippen molar-refractivity contribution in [2.24, 2.45) is 7.05 Å². The minimum Gasteiger partial charge on any atom is -0.358 e. The number of nitrogens with one attached hydrogen (secondary N) is 2. The fourth-order valence-corrected chi connectivity index (χ4v) is 5.04. The van der Waals surface area contributed by atoms with Crippen molar-refractivity contribution in [1.29, 1.82) is 0 Å². The monoisotopic (exact) mass is 574 g/mol. The number of rotatable bonds is 9. The van der Waals surface area contributed by atoms with E-state index >= 15 is 0 Å². The molecule has 15 heteroatoms. The molecule has 40 heavy (non-hydrogen) atoms. The summed E-state index contributed by atoms with van der Waals surface area (Å²) in [5, 5.41) is 10.5. The number of alkyl halides is 2. The van der Waals surface area contributed by atoms with Crippen LogP contribution in [0.5, 0.6) is 0 Å². The zero-order valence-corrected chi connectivity index (χ0v) is 22.8.